The Balaban J connectivity index is 1.92. The van der Waals surface area contributed by atoms with E-state index in [9.17, 15) is 4.79 Å². The fraction of sp³-hybridized carbons (Fsp3) is 0.333. The summed E-state index contributed by atoms with van der Waals surface area (Å²) >= 11 is 0. The van der Waals surface area contributed by atoms with E-state index >= 15 is 0 Å². The van der Waals surface area contributed by atoms with Gasteiger partial charge < -0.3 is 25.7 Å². The van der Waals surface area contributed by atoms with E-state index in [-0.39, 0.29) is 11.3 Å². The third-order valence-corrected chi connectivity index (χ3v) is 5.14. The van der Waals surface area contributed by atoms with Crippen LogP contribution in [0.25, 0.3) is 11.0 Å². The lowest BCUT2D eigenvalue weighted by molar-refractivity contribution is -0.114. The number of anilines is 2. The van der Waals surface area contributed by atoms with E-state index in [2.05, 4.69) is 20.6 Å². The minimum Gasteiger partial charge on any atom is -0.457 e. The lowest BCUT2D eigenvalue weighted by Crippen LogP contribution is -2.21. The van der Waals surface area contributed by atoms with E-state index in [1.807, 2.05) is 57.5 Å². The predicted octanol–water partition coefficient (Wildman–Crippen LogP) is 4.36. The number of amides is 1. The van der Waals surface area contributed by atoms with Gasteiger partial charge in [0.1, 0.15) is 23.2 Å². The summed E-state index contributed by atoms with van der Waals surface area (Å²) in [5, 5.41) is 5.92. The number of pyridine rings is 1. The second kappa shape index (κ2) is 9.32. The van der Waals surface area contributed by atoms with Gasteiger partial charge in [0.05, 0.1) is 11.0 Å². The maximum absolute atomic E-state index is 11.3. The lowest BCUT2D eigenvalue weighted by atomic mass is 9.92. The van der Waals surface area contributed by atoms with Gasteiger partial charge in [-0.1, -0.05) is 20.8 Å². The Bertz CT molecular complexity index is 1250. The Labute approximate surface area is 193 Å². The molecule has 2 aromatic heterocycles. The molecule has 0 saturated heterocycles. The first-order valence-corrected chi connectivity index (χ1v) is 10.6. The Hall–Kier alpha value is -3.88. The van der Waals surface area contributed by atoms with Crippen molar-refractivity contribution < 1.29 is 9.53 Å². The topological polar surface area (TPSA) is 119 Å². The number of imidazole rings is 1. The highest BCUT2D eigenvalue weighted by Crippen LogP contribution is 2.32. The fourth-order valence-electron chi connectivity index (χ4n) is 3.18. The van der Waals surface area contributed by atoms with Crippen molar-refractivity contribution in [2.24, 2.45) is 23.2 Å². The van der Waals surface area contributed by atoms with Crippen molar-refractivity contribution in [2.45, 2.75) is 34.6 Å². The van der Waals surface area contributed by atoms with Gasteiger partial charge in [0, 0.05) is 50.0 Å². The summed E-state index contributed by atoms with van der Waals surface area (Å²) in [6.07, 6.45) is 3.42. The minimum absolute atomic E-state index is 0.167. The molecule has 0 saturated carbocycles. The molecule has 0 aliphatic rings. The Morgan fingerprint density at radius 2 is 1.97 bits per heavy atom. The normalized spacial score (nSPS) is 12.7. The Morgan fingerprint density at radius 1 is 1.24 bits per heavy atom. The number of rotatable bonds is 5. The molecule has 0 bridgehead atoms. The van der Waals surface area contributed by atoms with E-state index < -0.39 is 0 Å². The van der Waals surface area contributed by atoms with Crippen molar-refractivity contribution in [3.63, 3.8) is 0 Å². The van der Waals surface area contributed by atoms with Crippen molar-refractivity contribution in [3.8, 4) is 11.5 Å². The van der Waals surface area contributed by atoms with Crippen molar-refractivity contribution >= 4 is 34.5 Å². The van der Waals surface area contributed by atoms with Gasteiger partial charge in [-0.2, -0.15) is 0 Å². The number of nitrogens with two attached hydrogens (primary N) is 1. The first kappa shape index (κ1) is 23.8. The molecule has 1 amide bonds. The number of amidine groups is 1. The molecule has 3 aromatic rings. The zero-order valence-corrected chi connectivity index (χ0v) is 20.1. The number of aliphatic imine (C=N–C) groups is 1. The summed E-state index contributed by atoms with van der Waals surface area (Å²) in [4.78, 5) is 24.4. The highest BCUT2D eigenvalue weighted by molar-refractivity contribution is 6.04. The average molecular weight is 450 g/mol. The third kappa shape index (κ3) is 5.49. The number of benzene rings is 1. The van der Waals surface area contributed by atoms with Gasteiger partial charge in [-0.15, -0.1) is 0 Å². The van der Waals surface area contributed by atoms with Gasteiger partial charge in [0.2, 0.25) is 11.9 Å². The number of fused-ring (bicyclic) bond motifs is 1. The van der Waals surface area contributed by atoms with E-state index in [0.29, 0.717) is 29.1 Å². The van der Waals surface area contributed by atoms with Crippen molar-refractivity contribution in [3.05, 3.63) is 47.8 Å². The molecule has 174 valence electrons. The fourth-order valence-corrected chi connectivity index (χ4v) is 3.18. The first-order valence-electron chi connectivity index (χ1n) is 10.6. The van der Waals surface area contributed by atoms with Crippen LogP contribution in [0.2, 0.25) is 0 Å². The molecule has 0 unspecified atom stereocenters. The van der Waals surface area contributed by atoms with Crippen LogP contribution in [-0.4, -0.2) is 33.3 Å². The summed E-state index contributed by atoms with van der Waals surface area (Å²) in [5.41, 5.74) is 9.44. The number of ether oxygens (including phenoxy) is 1. The number of carbonyl (C=O) groups is 1. The van der Waals surface area contributed by atoms with Crippen LogP contribution in [0.3, 0.4) is 0 Å². The van der Waals surface area contributed by atoms with E-state index in [0.717, 1.165) is 22.3 Å². The molecule has 0 radical (unpaired) electrons. The largest absolute Gasteiger partial charge is 0.457 e. The van der Waals surface area contributed by atoms with E-state index in [1.165, 1.54) is 6.92 Å². The molecule has 0 spiro atoms. The third-order valence-electron chi connectivity index (χ3n) is 5.14. The maximum Gasteiger partial charge on any atom is 0.222 e. The molecule has 2 heterocycles. The molecule has 0 aliphatic heterocycles. The monoisotopic (exact) mass is 449 g/mol. The van der Waals surface area contributed by atoms with Gasteiger partial charge in [-0.25, -0.2) is 9.97 Å². The molecule has 0 fully saturated rings. The van der Waals surface area contributed by atoms with Crippen LogP contribution in [0.4, 0.5) is 11.8 Å². The zero-order valence-electron chi connectivity index (χ0n) is 20.1. The van der Waals surface area contributed by atoms with Crippen molar-refractivity contribution in [1.29, 1.82) is 0 Å². The highest BCUT2D eigenvalue weighted by Gasteiger charge is 2.17. The molecule has 9 heteroatoms. The number of hydrogen-bond donors (Lipinski definition) is 3. The number of allylic oxidation sites excluding steroid dienone is 1. The van der Waals surface area contributed by atoms with Crippen molar-refractivity contribution in [1.82, 2.24) is 14.5 Å². The van der Waals surface area contributed by atoms with Crippen molar-refractivity contribution in [2.75, 3.05) is 17.7 Å². The molecular formula is C24H31N7O2. The molecule has 33 heavy (non-hydrogen) atoms. The second-order valence-corrected chi connectivity index (χ2v) is 8.79. The minimum atomic E-state index is -0.193. The molecule has 0 aliphatic carbocycles. The van der Waals surface area contributed by atoms with Crippen LogP contribution < -0.4 is 21.1 Å². The molecule has 1 aromatic carbocycles. The summed E-state index contributed by atoms with van der Waals surface area (Å²) < 4.78 is 8.05. The smallest absolute Gasteiger partial charge is 0.222 e. The maximum atomic E-state index is 11.3. The number of aryl methyl sites for hydroxylation is 2. The predicted molar refractivity (Wildman–Crippen MR) is 133 cm³/mol. The first-order chi connectivity index (χ1) is 15.5. The van der Waals surface area contributed by atoms with Gasteiger partial charge in [-0.3, -0.25) is 9.79 Å². The van der Waals surface area contributed by atoms with Crippen LogP contribution in [0.5, 0.6) is 11.5 Å². The number of nitrogens with zero attached hydrogens (tertiary/aromatic N) is 4. The quantitative estimate of drug-likeness (QED) is 0.393. The molecule has 9 nitrogen and oxygen atoms in total. The number of aromatic nitrogens is 3. The molecule has 3 rings (SSSR count). The Morgan fingerprint density at radius 3 is 2.61 bits per heavy atom. The van der Waals surface area contributed by atoms with Crippen LogP contribution in [0.15, 0.2) is 47.2 Å². The SMILES string of the molecule is CN=C(C=C(N)C(C)(C)C)Nc1nc2ccc(Oc3ccnc(NC(C)=O)c3)c(C)c2n1C. The summed E-state index contributed by atoms with van der Waals surface area (Å²) in [6.45, 7) is 9.56. The number of carbonyl (C=O) groups excluding carboxylic acids is 1. The molecule has 4 N–H and O–H groups in total. The van der Waals surface area contributed by atoms with Crippen LogP contribution in [0, 0.1) is 12.3 Å². The number of hydrogen-bond acceptors (Lipinski definition) is 6. The van der Waals surface area contributed by atoms with E-state index in [1.54, 1.807) is 25.4 Å². The van der Waals surface area contributed by atoms with E-state index in [4.69, 9.17) is 15.5 Å². The number of nitrogens with one attached hydrogen (secondary N) is 2. The molecular weight excluding hydrogens is 418 g/mol. The zero-order chi connectivity index (χ0) is 24.3. The van der Waals surface area contributed by atoms with Crippen LogP contribution in [-0.2, 0) is 11.8 Å². The van der Waals surface area contributed by atoms with Gasteiger partial charge in [0.15, 0.2) is 0 Å². The summed E-state index contributed by atoms with van der Waals surface area (Å²) in [6, 6.07) is 7.19. The second-order valence-electron chi connectivity index (χ2n) is 8.79. The van der Waals surface area contributed by atoms with Crippen LogP contribution in [0.1, 0.15) is 33.3 Å². The van der Waals surface area contributed by atoms with Gasteiger partial charge in [0.25, 0.3) is 0 Å². The summed E-state index contributed by atoms with van der Waals surface area (Å²) in [5.74, 6) is 2.75. The van der Waals surface area contributed by atoms with Gasteiger partial charge in [-0.05, 0) is 31.2 Å². The molecule has 0 atom stereocenters. The highest BCUT2D eigenvalue weighted by atomic mass is 16.5. The average Bonchev–Trinajstić information content (AvgIpc) is 3.04. The Kier molecular flexibility index (Phi) is 6.71. The summed E-state index contributed by atoms with van der Waals surface area (Å²) in [7, 11) is 3.64. The van der Waals surface area contributed by atoms with Gasteiger partial charge >= 0.3 is 0 Å². The standard InChI is InChI=1S/C24H31N7O2/c1-14-18(33-16-10-11-27-21(12-16)28-15(2)32)9-8-17-22(14)31(7)23(29-17)30-20(26-6)13-19(25)24(3,4)5/h8-13H,25H2,1-7H3,(H,26,29,30)(H,27,28,32). The van der Waals surface area contributed by atoms with Crippen LogP contribution >= 0.6 is 0 Å². The lowest BCUT2D eigenvalue weighted by Gasteiger charge is -2.19.